The third kappa shape index (κ3) is 2.10. The highest BCUT2D eigenvalue weighted by atomic mass is 79.9. The van der Waals surface area contributed by atoms with Gasteiger partial charge in [0.2, 0.25) is 0 Å². The van der Waals surface area contributed by atoms with E-state index in [9.17, 15) is 0 Å². The summed E-state index contributed by atoms with van der Waals surface area (Å²) in [5, 5.41) is 3.43. The number of rotatable bonds is 1. The number of hydrogen-bond acceptors (Lipinski definition) is 2. The normalized spacial score (nSPS) is 17.6. The minimum atomic E-state index is 0.0658. The molecule has 0 fully saturated rings. The van der Waals surface area contributed by atoms with Gasteiger partial charge in [0.05, 0.1) is 12.2 Å². The van der Waals surface area contributed by atoms with Gasteiger partial charge in [-0.25, -0.2) is 0 Å². The molecule has 0 aliphatic carbocycles. The second kappa shape index (κ2) is 4.65. The molecule has 1 N–H and O–H groups in total. The Hall–Kier alpha value is -1.48. The van der Waals surface area contributed by atoms with Crippen molar-refractivity contribution in [3.8, 4) is 5.75 Å². The summed E-state index contributed by atoms with van der Waals surface area (Å²) in [5.74, 6) is 0.966. The predicted molar refractivity (Wildman–Crippen MR) is 77.2 cm³/mol. The van der Waals surface area contributed by atoms with E-state index in [-0.39, 0.29) is 6.10 Å². The van der Waals surface area contributed by atoms with E-state index >= 15 is 0 Å². The van der Waals surface area contributed by atoms with E-state index in [0.717, 1.165) is 22.5 Å². The zero-order chi connectivity index (χ0) is 12.5. The van der Waals surface area contributed by atoms with Gasteiger partial charge in [0.25, 0.3) is 0 Å². The van der Waals surface area contributed by atoms with Crippen LogP contribution in [0.15, 0.2) is 46.9 Å². The lowest BCUT2D eigenvalue weighted by molar-refractivity contribution is 0.209. The van der Waals surface area contributed by atoms with Crippen molar-refractivity contribution in [2.75, 3.05) is 11.9 Å². The van der Waals surface area contributed by atoms with Crippen LogP contribution in [0.4, 0.5) is 5.69 Å². The van der Waals surface area contributed by atoms with Crippen LogP contribution in [0.3, 0.4) is 0 Å². The summed E-state index contributed by atoms with van der Waals surface area (Å²) in [6, 6.07) is 14.4. The molecule has 1 atom stereocenters. The summed E-state index contributed by atoms with van der Waals surface area (Å²) in [5.41, 5.74) is 3.44. The van der Waals surface area contributed by atoms with Gasteiger partial charge in [-0.3, -0.25) is 0 Å². The summed E-state index contributed by atoms with van der Waals surface area (Å²) in [4.78, 5) is 0. The molecule has 0 spiro atoms. The quantitative estimate of drug-likeness (QED) is 0.848. The van der Waals surface area contributed by atoms with E-state index in [2.05, 4.69) is 52.4 Å². The van der Waals surface area contributed by atoms with Crippen LogP contribution < -0.4 is 10.1 Å². The van der Waals surface area contributed by atoms with Gasteiger partial charge < -0.3 is 10.1 Å². The van der Waals surface area contributed by atoms with Gasteiger partial charge in [-0.15, -0.1) is 0 Å². The van der Waals surface area contributed by atoms with E-state index in [1.54, 1.807) is 0 Å². The second-order valence-electron chi connectivity index (χ2n) is 4.49. The molecule has 92 valence electrons. The van der Waals surface area contributed by atoms with E-state index in [1.807, 2.05) is 18.2 Å². The highest BCUT2D eigenvalue weighted by Gasteiger charge is 2.21. The molecule has 1 aliphatic rings. The molecule has 2 aromatic carbocycles. The Balaban J connectivity index is 1.93. The molecule has 1 aliphatic heterocycles. The summed E-state index contributed by atoms with van der Waals surface area (Å²) >= 11 is 3.50. The van der Waals surface area contributed by atoms with Gasteiger partial charge in [-0.05, 0) is 36.2 Å². The van der Waals surface area contributed by atoms with Crippen molar-refractivity contribution in [1.82, 2.24) is 0 Å². The Morgan fingerprint density at radius 2 is 2.06 bits per heavy atom. The molecule has 1 heterocycles. The molecule has 3 rings (SSSR count). The third-order valence-corrected chi connectivity index (χ3v) is 3.66. The van der Waals surface area contributed by atoms with Crippen molar-refractivity contribution < 1.29 is 4.74 Å². The van der Waals surface area contributed by atoms with Crippen molar-refractivity contribution in [2.24, 2.45) is 0 Å². The highest BCUT2D eigenvalue weighted by molar-refractivity contribution is 9.10. The Kier molecular flexibility index (Phi) is 3.00. The van der Waals surface area contributed by atoms with Gasteiger partial charge in [-0.2, -0.15) is 0 Å². The maximum absolute atomic E-state index is 6.12. The average molecular weight is 304 g/mol. The van der Waals surface area contributed by atoms with Crippen LogP contribution in [-0.2, 0) is 0 Å². The number of benzene rings is 2. The standard InChI is InChI=1S/C15H14BrNO/c1-10-4-2-7-13-15(10)18-14(9-17-13)11-5-3-6-12(16)8-11/h2-8,14,17H,9H2,1H3. The largest absolute Gasteiger partial charge is 0.481 e. The topological polar surface area (TPSA) is 21.3 Å². The summed E-state index contributed by atoms with van der Waals surface area (Å²) in [7, 11) is 0. The minimum Gasteiger partial charge on any atom is -0.481 e. The van der Waals surface area contributed by atoms with E-state index in [0.29, 0.717) is 0 Å². The number of para-hydroxylation sites is 1. The molecule has 1 unspecified atom stereocenters. The van der Waals surface area contributed by atoms with Crippen molar-refractivity contribution >= 4 is 21.6 Å². The minimum absolute atomic E-state index is 0.0658. The fraction of sp³-hybridized carbons (Fsp3) is 0.200. The molecule has 2 nitrogen and oxygen atoms in total. The van der Waals surface area contributed by atoms with Gasteiger partial charge >= 0.3 is 0 Å². The molecule has 2 aromatic rings. The maximum Gasteiger partial charge on any atom is 0.146 e. The van der Waals surface area contributed by atoms with Crippen LogP contribution in [0.2, 0.25) is 0 Å². The van der Waals surface area contributed by atoms with Crippen LogP contribution >= 0.6 is 15.9 Å². The van der Waals surface area contributed by atoms with Gasteiger partial charge in [0.15, 0.2) is 0 Å². The summed E-state index contributed by atoms with van der Waals surface area (Å²) in [6.07, 6.45) is 0.0658. The Morgan fingerprint density at radius 1 is 1.22 bits per heavy atom. The number of hydrogen-bond donors (Lipinski definition) is 1. The zero-order valence-electron chi connectivity index (χ0n) is 10.1. The van der Waals surface area contributed by atoms with E-state index in [4.69, 9.17) is 4.74 Å². The number of nitrogens with one attached hydrogen (secondary N) is 1. The second-order valence-corrected chi connectivity index (χ2v) is 5.41. The highest BCUT2D eigenvalue weighted by Crippen LogP contribution is 2.36. The Bertz CT molecular complexity index is 582. The number of fused-ring (bicyclic) bond motifs is 1. The predicted octanol–water partition coefficient (Wildman–Crippen LogP) is 4.30. The molecule has 3 heteroatoms. The first kappa shape index (κ1) is 11.6. The molecule has 18 heavy (non-hydrogen) atoms. The molecular formula is C15H14BrNO. The molecule has 0 aromatic heterocycles. The van der Waals surface area contributed by atoms with E-state index in [1.165, 1.54) is 11.1 Å². The fourth-order valence-corrected chi connectivity index (χ4v) is 2.64. The molecule has 0 saturated carbocycles. The lowest BCUT2D eigenvalue weighted by Gasteiger charge is -2.29. The van der Waals surface area contributed by atoms with E-state index < -0.39 is 0 Å². The number of halogens is 1. The van der Waals surface area contributed by atoms with Crippen LogP contribution in [0.5, 0.6) is 5.75 Å². The lowest BCUT2D eigenvalue weighted by Crippen LogP contribution is -2.24. The van der Waals surface area contributed by atoms with Gasteiger partial charge in [0.1, 0.15) is 11.9 Å². The summed E-state index contributed by atoms with van der Waals surface area (Å²) in [6.45, 7) is 2.87. The van der Waals surface area contributed by atoms with Gasteiger partial charge in [0, 0.05) is 4.47 Å². The average Bonchev–Trinajstić information content (AvgIpc) is 2.39. The van der Waals surface area contributed by atoms with Crippen molar-refractivity contribution in [2.45, 2.75) is 13.0 Å². The Labute approximate surface area is 115 Å². The molecule has 0 bridgehead atoms. The smallest absolute Gasteiger partial charge is 0.146 e. The van der Waals surface area contributed by atoms with Gasteiger partial charge in [-0.1, -0.05) is 40.2 Å². The molecule has 0 saturated heterocycles. The van der Waals surface area contributed by atoms with Crippen LogP contribution in [0.25, 0.3) is 0 Å². The molecule has 0 amide bonds. The zero-order valence-corrected chi connectivity index (χ0v) is 11.7. The van der Waals surface area contributed by atoms with Crippen molar-refractivity contribution in [3.63, 3.8) is 0 Å². The SMILES string of the molecule is Cc1cccc2c1OC(c1cccc(Br)c1)CN2. The number of anilines is 1. The fourth-order valence-electron chi connectivity index (χ4n) is 2.23. The third-order valence-electron chi connectivity index (χ3n) is 3.17. The lowest BCUT2D eigenvalue weighted by atomic mass is 10.1. The van der Waals surface area contributed by atoms with Crippen LogP contribution in [0.1, 0.15) is 17.2 Å². The number of ether oxygens (including phenoxy) is 1. The van der Waals surface area contributed by atoms with Crippen molar-refractivity contribution in [3.05, 3.63) is 58.1 Å². The monoisotopic (exact) mass is 303 g/mol. The first-order chi connectivity index (χ1) is 8.74. The first-order valence-corrected chi connectivity index (χ1v) is 6.79. The molecular weight excluding hydrogens is 290 g/mol. The Morgan fingerprint density at radius 3 is 2.89 bits per heavy atom. The van der Waals surface area contributed by atoms with Crippen molar-refractivity contribution in [1.29, 1.82) is 0 Å². The van der Waals surface area contributed by atoms with Crippen LogP contribution in [-0.4, -0.2) is 6.54 Å². The first-order valence-electron chi connectivity index (χ1n) is 5.99. The van der Waals surface area contributed by atoms with Crippen LogP contribution in [0, 0.1) is 6.92 Å². The summed E-state index contributed by atoms with van der Waals surface area (Å²) < 4.78 is 7.20. The molecule has 0 radical (unpaired) electrons. The maximum atomic E-state index is 6.12. The number of aryl methyl sites for hydroxylation is 1.